The third kappa shape index (κ3) is 3.57. The number of pyridine rings is 1. The van der Waals surface area contributed by atoms with Crippen LogP contribution < -0.4 is 0 Å². The minimum atomic E-state index is -2.61. The Morgan fingerprint density at radius 1 is 1.59 bits per heavy atom. The van der Waals surface area contributed by atoms with Crippen molar-refractivity contribution in [1.82, 2.24) is 4.98 Å². The lowest BCUT2D eigenvalue weighted by molar-refractivity contribution is -0.139. The van der Waals surface area contributed by atoms with Crippen LogP contribution in [0.15, 0.2) is 6.20 Å². The summed E-state index contributed by atoms with van der Waals surface area (Å²) in [6.07, 6.45) is -1.52. The first-order valence-corrected chi connectivity index (χ1v) is 6.78. The number of methoxy groups -OCH3 is 1. The van der Waals surface area contributed by atoms with E-state index in [9.17, 15) is 13.6 Å². The monoisotopic (exact) mass is 419 g/mol. The first kappa shape index (κ1) is 14.7. The van der Waals surface area contributed by atoms with Crippen molar-refractivity contribution in [2.75, 3.05) is 7.11 Å². The Kier molecular flexibility index (Phi) is 5.71. The maximum Gasteiger partial charge on any atom is 0.310 e. The fourth-order valence-electron chi connectivity index (χ4n) is 1.32. The van der Waals surface area contributed by atoms with Gasteiger partial charge in [0, 0.05) is 17.1 Å². The normalized spacial score (nSPS) is 10.7. The van der Waals surface area contributed by atoms with Crippen molar-refractivity contribution in [2.45, 2.75) is 18.2 Å². The standard InChI is InChI=1S/C10H9BrF2INO2/c1-17-8(16)2-5-6(3-11)7(9(12)13)4-15-10(5)14/h4,9H,2-3H2,1H3. The van der Waals surface area contributed by atoms with Crippen LogP contribution in [0.3, 0.4) is 0 Å². The number of halogens is 4. The van der Waals surface area contributed by atoms with E-state index in [1.54, 1.807) is 0 Å². The molecule has 17 heavy (non-hydrogen) atoms. The van der Waals surface area contributed by atoms with Crippen LogP contribution >= 0.6 is 38.5 Å². The predicted octanol–water partition coefficient (Wildman–Crippen LogP) is 3.23. The van der Waals surface area contributed by atoms with Gasteiger partial charge in [0.05, 0.1) is 13.5 Å². The van der Waals surface area contributed by atoms with Gasteiger partial charge in [-0.1, -0.05) is 15.9 Å². The molecule has 0 spiro atoms. The SMILES string of the molecule is COC(=O)Cc1c(I)ncc(C(F)F)c1CBr. The third-order valence-electron chi connectivity index (χ3n) is 2.20. The van der Waals surface area contributed by atoms with Gasteiger partial charge in [-0.05, 0) is 33.7 Å². The number of ether oxygens (including phenoxy) is 1. The lowest BCUT2D eigenvalue weighted by Gasteiger charge is -2.12. The number of hydrogen-bond acceptors (Lipinski definition) is 3. The van der Waals surface area contributed by atoms with Gasteiger partial charge in [-0.2, -0.15) is 0 Å². The van der Waals surface area contributed by atoms with Crippen molar-refractivity contribution in [2.24, 2.45) is 0 Å². The zero-order valence-electron chi connectivity index (χ0n) is 8.84. The van der Waals surface area contributed by atoms with E-state index in [0.29, 0.717) is 14.8 Å². The largest absolute Gasteiger partial charge is 0.469 e. The maximum atomic E-state index is 12.8. The van der Waals surface area contributed by atoms with Crippen LogP contribution in [0.5, 0.6) is 0 Å². The van der Waals surface area contributed by atoms with Gasteiger partial charge in [0.1, 0.15) is 3.70 Å². The fraction of sp³-hybridized carbons (Fsp3) is 0.400. The highest BCUT2D eigenvalue weighted by atomic mass is 127. The zero-order chi connectivity index (χ0) is 13.0. The van der Waals surface area contributed by atoms with E-state index in [1.165, 1.54) is 7.11 Å². The van der Waals surface area contributed by atoms with Gasteiger partial charge in [-0.15, -0.1) is 0 Å². The van der Waals surface area contributed by atoms with Crippen LogP contribution in [0, 0.1) is 3.70 Å². The first-order valence-electron chi connectivity index (χ1n) is 4.58. The van der Waals surface area contributed by atoms with Crippen LogP contribution in [0.4, 0.5) is 8.78 Å². The number of carbonyl (C=O) groups is 1. The topological polar surface area (TPSA) is 39.2 Å². The molecule has 0 aliphatic rings. The second-order valence-electron chi connectivity index (χ2n) is 3.15. The average molecular weight is 420 g/mol. The molecule has 3 nitrogen and oxygen atoms in total. The summed E-state index contributed by atoms with van der Waals surface area (Å²) >= 11 is 5.07. The van der Waals surface area contributed by atoms with E-state index in [-0.39, 0.29) is 17.3 Å². The molecule has 0 bridgehead atoms. The van der Waals surface area contributed by atoms with Crippen molar-refractivity contribution in [1.29, 1.82) is 0 Å². The van der Waals surface area contributed by atoms with E-state index in [4.69, 9.17) is 0 Å². The van der Waals surface area contributed by atoms with Gasteiger partial charge >= 0.3 is 5.97 Å². The minimum Gasteiger partial charge on any atom is -0.469 e. The Balaban J connectivity index is 3.25. The molecule has 1 aromatic heterocycles. The van der Waals surface area contributed by atoms with Crippen LogP contribution in [-0.2, 0) is 21.3 Å². The van der Waals surface area contributed by atoms with E-state index in [0.717, 1.165) is 6.20 Å². The Labute approximate surface area is 119 Å². The molecule has 0 aliphatic heterocycles. The molecule has 0 unspecified atom stereocenters. The summed E-state index contributed by atoms with van der Waals surface area (Å²) in [6, 6.07) is 0. The number of nitrogens with zero attached hydrogens (tertiary/aromatic N) is 1. The Morgan fingerprint density at radius 3 is 2.71 bits per heavy atom. The van der Waals surface area contributed by atoms with Crippen molar-refractivity contribution < 1.29 is 18.3 Å². The van der Waals surface area contributed by atoms with E-state index in [1.807, 2.05) is 22.6 Å². The third-order valence-corrected chi connectivity index (χ3v) is 3.69. The summed E-state index contributed by atoms with van der Waals surface area (Å²) in [5, 5.41) is 0.248. The van der Waals surface area contributed by atoms with Gasteiger partial charge < -0.3 is 4.74 Å². The molecule has 0 aliphatic carbocycles. The number of hydrogen-bond donors (Lipinski definition) is 0. The summed E-state index contributed by atoms with van der Waals surface area (Å²) in [6.45, 7) is 0. The van der Waals surface area contributed by atoms with Crippen LogP contribution in [0.1, 0.15) is 23.1 Å². The van der Waals surface area contributed by atoms with E-state index in [2.05, 4.69) is 25.7 Å². The fourth-order valence-corrected chi connectivity index (χ4v) is 2.64. The molecule has 0 radical (unpaired) electrons. The van der Waals surface area contributed by atoms with Crippen molar-refractivity contribution in [3.05, 3.63) is 26.6 Å². The highest BCUT2D eigenvalue weighted by molar-refractivity contribution is 14.1. The number of alkyl halides is 3. The predicted molar refractivity (Wildman–Crippen MR) is 70.3 cm³/mol. The molecule has 94 valence electrons. The molecule has 7 heteroatoms. The van der Waals surface area contributed by atoms with Crippen molar-refractivity contribution >= 4 is 44.5 Å². The molecule has 1 heterocycles. The highest BCUT2D eigenvalue weighted by Gasteiger charge is 2.20. The smallest absolute Gasteiger partial charge is 0.310 e. The molecule has 1 aromatic rings. The van der Waals surface area contributed by atoms with E-state index >= 15 is 0 Å². The number of aromatic nitrogens is 1. The molecule has 0 fully saturated rings. The molecule has 0 atom stereocenters. The van der Waals surface area contributed by atoms with Gasteiger partial charge in [0.2, 0.25) is 0 Å². The second kappa shape index (κ2) is 6.58. The van der Waals surface area contributed by atoms with Gasteiger partial charge in [0.25, 0.3) is 6.43 Å². The quantitative estimate of drug-likeness (QED) is 0.325. The van der Waals surface area contributed by atoms with E-state index < -0.39 is 12.4 Å². The molecule has 0 aromatic carbocycles. The molecule has 0 N–H and O–H groups in total. The average Bonchev–Trinajstić information content (AvgIpc) is 2.30. The second-order valence-corrected chi connectivity index (χ2v) is 4.73. The van der Waals surface area contributed by atoms with Gasteiger partial charge in [-0.3, -0.25) is 4.79 Å². The molecular weight excluding hydrogens is 411 g/mol. The number of esters is 1. The Hall–Kier alpha value is -0.310. The zero-order valence-corrected chi connectivity index (χ0v) is 12.6. The minimum absolute atomic E-state index is 0.0523. The van der Waals surface area contributed by atoms with Crippen molar-refractivity contribution in [3.63, 3.8) is 0 Å². The lowest BCUT2D eigenvalue weighted by Crippen LogP contribution is -2.11. The molecule has 0 saturated heterocycles. The van der Waals surface area contributed by atoms with Gasteiger partial charge in [-0.25, -0.2) is 13.8 Å². The molecule has 0 amide bonds. The highest BCUT2D eigenvalue weighted by Crippen LogP contribution is 2.29. The summed E-state index contributed by atoms with van der Waals surface area (Å²) in [4.78, 5) is 15.1. The summed E-state index contributed by atoms with van der Waals surface area (Å²) in [5.41, 5.74) is 0.748. The maximum absolute atomic E-state index is 12.8. The molecular formula is C10H9BrF2INO2. The van der Waals surface area contributed by atoms with Crippen LogP contribution in [-0.4, -0.2) is 18.1 Å². The van der Waals surface area contributed by atoms with Crippen molar-refractivity contribution in [3.8, 4) is 0 Å². The molecule has 0 saturated carbocycles. The number of rotatable bonds is 4. The summed E-state index contributed by atoms with van der Waals surface area (Å²) in [7, 11) is 1.26. The Morgan fingerprint density at radius 2 is 2.24 bits per heavy atom. The summed E-state index contributed by atoms with van der Waals surface area (Å²) < 4.78 is 30.6. The van der Waals surface area contributed by atoms with Crippen LogP contribution in [0.25, 0.3) is 0 Å². The Bertz CT molecular complexity index is 429. The molecule has 1 rings (SSSR count). The van der Waals surface area contributed by atoms with Crippen LogP contribution in [0.2, 0.25) is 0 Å². The first-order chi connectivity index (χ1) is 8.01. The van der Waals surface area contributed by atoms with Gasteiger partial charge in [0.15, 0.2) is 0 Å². The number of carbonyl (C=O) groups excluding carboxylic acids is 1. The lowest BCUT2D eigenvalue weighted by atomic mass is 10.0. The summed E-state index contributed by atoms with van der Waals surface area (Å²) in [5.74, 6) is -0.474.